The van der Waals surface area contributed by atoms with E-state index in [1.54, 1.807) is 6.07 Å². The van der Waals surface area contributed by atoms with Crippen molar-refractivity contribution in [3.05, 3.63) is 30.2 Å². The number of hydrogen-bond donors (Lipinski definition) is 0. The minimum absolute atomic E-state index is 0.0864. The molecule has 4 nitrogen and oxygen atoms in total. The predicted molar refractivity (Wildman–Crippen MR) is 60.4 cm³/mol. The smallest absolute Gasteiger partial charge is 0.405 e. The number of aryl methyl sites for hydroxylation is 1. The van der Waals surface area contributed by atoms with Crippen molar-refractivity contribution in [3.63, 3.8) is 0 Å². The zero-order chi connectivity index (χ0) is 13.9. The first-order valence-electron chi connectivity index (χ1n) is 5.67. The van der Waals surface area contributed by atoms with Crippen molar-refractivity contribution in [2.45, 2.75) is 26.1 Å². The first kappa shape index (κ1) is 13.4. The third kappa shape index (κ3) is 3.46. The molecule has 7 heteroatoms. The molecule has 1 heterocycles. The summed E-state index contributed by atoms with van der Waals surface area (Å²) in [5.41, 5.74) is 0.144. The van der Waals surface area contributed by atoms with Crippen molar-refractivity contribution in [2.75, 3.05) is 0 Å². The molecular formula is C12H11F3N2O2. The standard InChI is InChI=1S/C12H11F3N2O2/c1-2-5-10-16-11(17-19-10)8-6-3-4-7-9(8)18-12(13,14)15/h3-4,6-7H,2,5H2,1H3. The molecule has 0 bridgehead atoms. The lowest BCUT2D eigenvalue weighted by atomic mass is 10.2. The number of hydrogen-bond acceptors (Lipinski definition) is 4. The number of benzene rings is 1. The number of para-hydroxylation sites is 1. The molecule has 0 unspecified atom stereocenters. The van der Waals surface area contributed by atoms with Crippen LogP contribution in [0.3, 0.4) is 0 Å². The Morgan fingerprint density at radius 1 is 1.26 bits per heavy atom. The van der Waals surface area contributed by atoms with Crippen molar-refractivity contribution < 1.29 is 22.4 Å². The van der Waals surface area contributed by atoms with E-state index < -0.39 is 6.36 Å². The summed E-state index contributed by atoms with van der Waals surface area (Å²) in [6, 6.07) is 5.67. The number of halogens is 3. The summed E-state index contributed by atoms with van der Waals surface area (Å²) in [7, 11) is 0. The Morgan fingerprint density at radius 3 is 2.68 bits per heavy atom. The largest absolute Gasteiger partial charge is 0.573 e. The Balaban J connectivity index is 2.32. The zero-order valence-electron chi connectivity index (χ0n) is 10.1. The molecule has 0 amide bonds. The minimum atomic E-state index is -4.76. The Bertz CT molecular complexity index is 552. The van der Waals surface area contributed by atoms with Crippen LogP contribution in [-0.4, -0.2) is 16.5 Å². The summed E-state index contributed by atoms with van der Waals surface area (Å²) in [5.74, 6) is 0.126. The monoisotopic (exact) mass is 272 g/mol. The van der Waals surface area contributed by atoms with Gasteiger partial charge < -0.3 is 9.26 Å². The van der Waals surface area contributed by atoms with Gasteiger partial charge in [-0.25, -0.2) is 0 Å². The maximum Gasteiger partial charge on any atom is 0.573 e. The molecule has 0 spiro atoms. The number of ether oxygens (including phenoxy) is 1. The minimum Gasteiger partial charge on any atom is -0.405 e. The van der Waals surface area contributed by atoms with E-state index in [4.69, 9.17) is 4.52 Å². The normalized spacial score (nSPS) is 11.6. The van der Waals surface area contributed by atoms with Crippen molar-refractivity contribution >= 4 is 0 Å². The summed E-state index contributed by atoms with van der Waals surface area (Å²) >= 11 is 0. The average Bonchev–Trinajstić information content (AvgIpc) is 2.76. The Kier molecular flexibility index (Phi) is 3.73. The van der Waals surface area contributed by atoms with Gasteiger partial charge in [-0.15, -0.1) is 13.2 Å². The van der Waals surface area contributed by atoms with Crippen LogP contribution in [0.15, 0.2) is 28.8 Å². The van der Waals surface area contributed by atoms with E-state index >= 15 is 0 Å². The summed E-state index contributed by atoms with van der Waals surface area (Å²) in [6.45, 7) is 1.94. The lowest BCUT2D eigenvalue weighted by Gasteiger charge is -2.10. The lowest BCUT2D eigenvalue weighted by molar-refractivity contribution is -0.274. The van der Waals surface area contributed by atoms with E-state index in [1.807, 2.05) is 6.92 Å². The third-order valence-electron chi connectivity index (χ3n) is 2.29. The second-order valence-electron chi connectivity index (χ2n) is 3.81. The third-order valence-corrected chi connectivity index (χ3v) is 2.29. The van der Waals surface area contributed by atoms with Crippen LogP contribution in [0.5, 0.6) is 5.75 Å². The van der Waals surface area contributed by atoms with E-state index in [9.17, 15) is 13.2 Å². The molecule has 2 aromatic rings. The zero-order valence-corrected chi connectivity index (χ0v) is 10.1. The molecule has 2 rings (SSSR count). The first-order valence-corrected chi connectivity index (χ1v) is 5.67. The van der Waals surface area contributed by atoms with Crippen LogP contribution >= 0.6 is 0 Å². The highest BCUT2D eigenvalue weighted by atomic mass is 19.4. The van der Waals surface area contributed by atoms with Crippen LogP contribution in [0.4, 0.5) is 13.2 Å². The molecular weight excluding hydrogens is 261 g/mol. The van der Waals surface area contributed by atoms with E-state index in [1.165, 1.54) is 18.2 Å². The van der Waals surface area contributed by atoms with Gasteiger partial charge in [0.25, 0.3) is 0 Å². The van der Waals surface area contributed by atoms with Gasteiger partial charge in [0.1, 0.15) is 5.75 Å². The van der Waals surface area contributed by atoms with Gasteiger partial charge in [0.05, 0.1) is 5.56 Å². The molecule has 0 aliphatic carbocycles. The van der Waals surface area contributed by atoms with Crippen LogP contribution in [0.1, 0.15) is 19.2 Å². The molecule has 1 aromatic carbocycles. The first-order chi connectivity index (χ1) is 8.99. The Hall–Kier alpha value is -2.05. The molecule has 1 aromatic heterocycles. The highest BCUT2D eigenvalue weighted by Crippen LogP contribution is 2.32. The van der Waals surface area contributed by atoms with E-state index in [-0.39, 0.29) is 17.1 Å². The van der Waals surface area contributed by atoms with E-state index in [2.05, 4.69) is 14.9 Å². The van der Waals surface area contributed by atoms with Gasteiger partial charge >= 0.3 is 6.36 Å². The highest BCUT2D eigenvalue weighted by molar-refractivity contribution is 5.63. The van der Waals surface area contributed by atoms with Crippen LogP contribution < -0.4 is 4.74 Å². The summed E-state index contributed by atoms with van der Waals surface area (Å²) in [5, 5.41) is 3.66. The molecule has 19 heavy (non-hydrogen) atoms. The fraction of sp³-hybridized carbons (Fsp3) is 0.333. The van der Waals surface area contributed by atoms with Gasteiger partial charge in [-0.05, 0) is 18.6 Å². The topological polar surface area (TPSA) is 48.2 Å². The van der Waals surface area contributed by atoms with Crippen molar-refractivity contribution in [3.8, 4) is 17.1 Å². The Labute approximate surface area is 107 Å². The van der Waals surface area contributed by atoms with Gasteiger partial charge in [0.15, 0.2) is 0 Å². The quantitative estimate of drug-likeness (QED) is 0.853. The second kappa shape index (κ2) is 5.29. The number of alkyl halides is 3. The van der Waals surface area contributed by atoms with Crippen LogP contribution in [0, 0.1) is 0 Å². The van der Waals surface area contributed by atoms with Gasteiger partial charge in [-0.3, -0.25) is 0 Å². The average molecular weight is 272 g/mol. The molecule has 0 radical (unpaired) electrons. The molecule has 0 aliphatic rings. The molecule has 0 saturated heterocycles. The van der Waals surface area contributed by atoms with Gasteiger partial charge in [0, 0.05) is 6.42 Å². The molecule has 0 fully saturated rings. The number of nitrogens with zero attached hydrogens (tertiary/aromatic N) is 2. The van der Waals surface area contributed by atoms with Crippen LogP contribution in [0.25, 0.3) is 11.4 Å². The van der Waals surface area contributed by atoms with Gasteiger partial charge in [-0.2, -0.15) is 4.98 Å². The van der Waals surface area contributed by atoms with Crippen LogP contribution in [-0.2, 0) is 6.42 Å². The maximum atomic E-state index is 12.3. The summed E-state index contributed by atoms with van der Waals surface area (Å²) < 4.78 is 45.7. The summed E-state index contributed by atoms with van der Waals surface area (Å²) in [4.78, 5) is 4.04. The molecule has 0 saturated carbocycles. The fourth-order valence-electron chi connectivity index (χ4n) is 1.54. The molecule has 0 aliphatic heterocycles. The van der Waals surface area contributed by atoms with E-state index in [0.717, 1.165) is 6.42 Å². The maximum absolute atomic E-state index is 12.3. The number of aromatic nitrogens is 2. The van der Waals surface area contributed by atoms with Crippen LogP contribution in [0.2, 0.25) is 0 Å². The predicted octanol–water partition coefficient (Wildman–Crippen LogP) is 3.59. The SMILES string of the molecule is CCCc1nc(-c2ccccc2OC(F)(F)F)no1. The van der Waals surface area contributed by atoms with Crippen molar-refractivity contribution in [1.82, 2.24) is 10.1 Å². The fourth-order valence-corrected chi connectivity index (χ4v) is 1.54. The Morgan fingerprint density at radius 2 is 2.00 bits per heavy atom. The molecule has 0 atom stereocenters. The number of rotatable bonds is 4. The molecule has 0 N–H and O–H groups in total. The lowest BCUT2D eigenvalue weighted by Crippen LogP contribution is -2.17. The van der Waals surface area contributed by atoms with E-state index in [0.29, 0.717) is 12.3 Å². The highest BCUT2D eigenvalue weighted by Gasteiger charge is 2.32. The summed E-state index contributed by atoms with van der Waals surface area (Å²) in [6.07, 6.45) is -3.37. The van der Waals surface area contributed by atoms with Crippen molar-refractivity contribution in [2.24, 2.45) is 0 Å². The van der Waals surface area contributed by atoms with Crippen molar-refractivity contribution in [1.29, 1.82) is 0 Å². The second-order valence-corrected chi connectivity index (χ2v) is 3.81. The molecule has 102 valence electrons. The van der Waals surface area contributed by atoms with Gasteiger partial charge in [0.2, 0.25) is 11.7 Å². The van der Waals surface area contributed by atoms with Gasteiger partial charge in [-0.1, -0.05) is 24.2 Å².